The maximum Gasteiger partial charge on any atom is 0.151 e. The van der Waals surface area contributed by atoms with E-state index in [0.29, 0.717) is 47.9 Å². The first kappa shape index (κ1) is 19.9. The van der Waals surface area contributed by atoms with E-state index < -0.39 is 0 Å². The number of pyridine rings is 1. The van der Waals surface area contributed by atoms with Crippen molar-refractivity contribution in [2.45, 2.75) is 57.5 Å². The lowest BCUT2D eigenvalue weighted by atomic mass is 10.1. The molecule has 0 unspecified atom stereocenters. The van der Waals surface area contributed by atoms with Crippen molar-refractivity contribution in [3.8, 4) is 11.1 Å². The number of hydrogen-bond donors (Lipinski definition) is 3. The minimum Gasteiger partial charge on any atom is -0.382 e. The number of aromatic nitrogens is 5. The lowest BCUT2D eigenvalue weighted by molar-refractivity contribution is -0.117. The van der Waals surface area contributed by atoms with Gasteiger partial charge in [-0.25, -0.2) is 15.0 Å². The zero-order valence-corrected chi connectivity index (χ0v) is 17.8. The Bertz CT molecular complexity index is 1120. The molecule has 3 aromatic rings. The average Bonchev–Trinajstić information content (AvgIpc) is 3.44. The molecule has 31 heavy (non-hydrogen) atoms. The Morgan fingerprint density at radius 1 is 1.19 bits per heavy atom. The van der Waals surface area contributed by atoms with Gasteiger partial charge in [-0.2, -0.15) is 5.10 Å². The highest BCUT2D eigenvalue weighted by Crippen LogP contribution is 2.32. The van der Waals surface area contributed by atoms with Crippen LogP contribution in [0.1, 0.15) is 50.8 Å². The first-order valence-corrected chi connectivity index (χ1v) is 11.1. The van der Waals surface area contributed by atoms with Crippen molar-refractivity contribution in [1.29, 1.82) is 0 Å². The molecule has 5 rings (SSSR count). The SMILES string of the molecule is CCc1nc2c(N)ncc(-c3cnn(C4CCNCC4)c3)c2nc1N[C@@H]1CCC(=O)C1. The van der Waals surface area contributed by atoms with E-state index in [2.05, 4.69) is 31.6 Å². The number of Topliss-reactive ketones (excluding diaryl/α,β-unsaturated/α-hetero) is 1. The minimum atomic E-state index is 0.106. The van der Waals surface area contributed by atoms with E-state index in [1.807, 2.05) is 13.1 Å². The lowest BCUT2D eigenvalue weighted by Gasteiger charge is -2.22. The second-order valence-electron chi connectivity index (χ2n) is 8.44. The number of nitrogens with one attached hydrogen (secondary N) is 2. The molecule has 0 bridgehead atoms. The number of ketones is 1. The van der Waals surface area contributed by atoms with Gasteiger partial charge in [-0.1, -0.05) is 6.92 Å². The molecule has 1 atom stereocenters. The summed E-state index contributed by atoms with van der Waals surface area (Å²) >= 11 is 0. The molecule has 1 aliphatic heterocycles. The normalized spacial score (nSPS) is 19.9. The van der Waals surface area contributed by atoms with Crippen molar-refractivity contribution < 1.29 is 4.79 Å². The summed E-state index contributed by atoms with van der Waals surface area (Å²) in [5.74, 6) is 1.39. The number of nitrogens with two attached hydrogens (primary N) is 1. The molecule has 2 fully saturated rings. The number of nitrogens with zero attached hydrogens (tertiary/aromatic N) is 5. The minimum absolute atomic E-state index is 0.106. The third kappa shape index (κ3) is 3.85. The maximum atomic E-state index is 11.7. The van der Waals surface area contributed by atoms with Crippen LogP contribution in [0.3, 0.4) is 0 Å². The van der Waals surface area contributed by atoms with E-state index in [4.69, 9.17) is 15.7 Å². The van der Waals surface area contributed by atoms with Crippen LogP contribution in [0.5, 0.6) is 0 Å². The summed E-state index contributed by atoms with van der Waals surface area (Å²) in [6.07, 6.45) is 10.5. The van der Waals surface area contributed by atoms with Gasteiger partial charge in [-0.15, -0.1) is 0 Å². The van der Waals surface area contributed by atoms with Gasteiger partial charge in [0, 0.05) is 42.4 Å². The van der Waals surface area contributed by atoms with Gasteiger partial charge in [-0.3, -0.25) is 9.48 Å². The highest BCUT2D eigenvalue weighted by Gasteiger charge is 2.24. The van der Waals surface area contributed by atoms with E-state index >= 15 is 0 Å². The van der Waals surface area contributed by atoms with Crippen molar-refractivity contribution >= 4 is 28.5 Å². The van der Waals surface area contributed by atoms with Gasteiger partial charge < -0.3 is 16.4 Å². The summed E-state index contributed by atoms with van der Waals surface area (Å²) in [7, 11) is 0. The first-order valence-electron chi connectivity index (χ1n) is 11.1. The fraction of sp³-hybridized carbons (Fsp3) is 0.500. The van der Waals surface area contributed by atoms with E-state index in [0.717, 1.165) is 55.0 Å². The zero-order chi connectivity index (χ0) is 21.4. The molecular formula is C22H28N8O. The molecule has 1 saturated carbocycles. The molecule has 4 N–H and O–H groups in total. The van der Waals surface area contributed by atoms with Gasteiger partial charge >= 0.3 is 0 Å². The molecule has 0 amide bonds. The number of hydrogen-bond acceptors (Lipinski definition) is 8. The second-order valence-corrected chi connectivity index (χ2v) is 8.44. The molecule has 4 heterocycles. The number of carbonyl (C=O) groups is 1. The summed E-state index contributed by atoms with van der Waals surface area (Å²) in [6, 6.07) is 0.507. The van der Waals surface area contributed by atoms with Gasteiger partial charge in [0.2, 0.25) is 0 Å². The second kappa shape index (κ2) is 8.22. The molecule has 3 aromatic heterocycles. The lowest BCUT2D eigenvalue weighted by Crippen LogP contribution is -2.29. The molecule has 9 heteroatoms. The number of nitrogen functional groups attached to an aromatic ring is 1. The van der Waals surface area contributed by atoms with Gasteiger partial charge in [-0.05, 0) is 38.8 Å². The number of piperidine rings is 1. The molecule has 2 aliphatic rings. The number of carbonyl (C=O) groups excluding carboxylic acids is 1. The first-order chi connectivity index (χ1) is 15.1. The van der Waals surface area contributed by atoms with Crippen LogP contribution in [-0.2, 0) is 11.2 Å². The zero-order valence-electron chi connectivity index (χ0n) is 17.8. The number of aryl methyl sites for hydroxylation is 1. The quantitative estimate of drug-likeness (QED) is 0.575. The molecule has 162 valence electrons. The van der Waals surface area contributed by atoms with Crippen LogP contribution in [0.4, 0.5) is 11.6 Å². The summed E-state index contributed by atoms with van der Waals surface area (Å²) in [5.41, 5.74) is 10.1. The fourth-order valence-electron chi connectivity index (χ4n) is 4.54. The van der Waals surface area contributed by atoms with E-state index in [-0.39, 0.29) is 6.04 Å². The van der Waals surface area contributed by atoms with E-state index in [1.54, 1.807) is 6.20 Å². The Morgan fingerprint density at radius 2 is 2.03 bits per heavy atom. The van der Waals surface area contributed by atoms with Gasteiger partial charge in [0.25, 0.3) is 0 Å². The number of rotatable bonds is 5. The predicted octanol–water partition coefficient (Wildman–Crippen LogP) is 2.49. The average molecular weight is 421 g/mol. The Hall–Kier alpha value is -3.07. The van der Waals surface area contributed by atoms with Crippen LogP contribution in [0, 0.1) is 0 Å². The Morgan fingerprint density at radius 3 is 2.77 bits per heavy atom. The number of anilines is 2. The Labute approximate surface area is 180 Å². The number of fused-ring (bicyclic) bond motifs is 1. The summed E-state index contributed by atoms with van der Waals surface area (Å²) in [6.45, 7) is 4.06. The molecular weight excluding hydrogens is 392 g/mol. The van der Waals surface area contributed by atoms with Crippen molar-refractivity contribution in [2.75, 3.05) is 24.1 Å². The van der Waals surface area contributed by atoms with E-state index in [9.17, 15) is 4.79 Å². The Kier molecular flexibility index (Phi) is 5.27. The fourth-order valence-corrected chi connectivity index (χ4v) is 4.54. The molecule has 1 saturated heterocycles. The van der Waals surface area contributed by atoms with Crippen molar-refractivity contribution in [3.63, 3.8) is 0 Å². The van der Waals surface area contributed by atoms with Crippen LogP contribution in [0.15, 0.2) is 18.6 Å². The monoisotopic (exact) mass is 420 g/mol. The van der Waals surface area contributed by atoms with Crippen LogP contribution in [-0.4, -0.2) is 49.6 Å². The van der Waals surface area contributed by atoms with Gasteiger partial charge in [0.1, 0.15) is 22.6 Å². The van der Waals surface area contributed by atoms with Crippen molar-refractivity contribution in [1.82, 2.24) is 30.0 Å². The predicted molar refractivity (Wildman–Crippen MR) is 120 cm³/mol. The van der Waals surface area contributed by atoms with E-state index in [1.165, 1.54) is 0 Å². The van der Waals surface area contributed by atoms with Crippen LogP contribution < -0.4 is 16.4 Å². The summed E-state index contributed by atoms with van der Waals surface area (Å²) in [4.78, 5) is 25.8. The highest BCUT2D eigenvalue weighted by molar-refractivity contribution is 5.96. The smallest absolute Gasteiger partial charge is 0.151 e. The van der Waals surface area contributed by atoms with Crippen molar-refractivity contribution in [2.24, 2.45) is 0 Å². The standard InChI is InChI=1S/C22H28N8O/c1-2-18-22(27-14-3-4-16(31)9-14)29-19-17(11-25-21(23)20(19)28-18)13-10-26-30(12-13)15-5-7-24-8-6-15/h10-12,14-15,24H,2-9H2,1H3,(H2,23,25)(H,27,29)/t14-/m1/s1. The van der Waals surface area contributed by atoms with Gasteiger partial charge in [0.15, 0.2) is 5.82 Å². The Balaban J connectivity index is 1.55. The topological polar surface area (TPSA) is 124 Å². The third-order valence-electron chi connectivity index (χ3n) is 6.32. The van der Waals surface area contributed by atoms with Gasteiger partial charge in [0.05, 0.1) is 17.9 Å². The molecule has 1 aliphatic carbocycles. The largest absolute Gasteiger partial charge is 0.382 e. The van der Waals surface area contributed by atoms with Crippen molar-refractivity contribution in [3.05, 3.63) is 24.3 Å². The third-order valence-corrected chi connectivity index (χ3v) is 6.32. The molecule has 9 nitrogen and oxygen atoms in total. The molecule has 0 radical (unpaired) electrons. The van der Waals surface area contributed by atoms with Crippen LogP contribution in [0.25, 0.3) is 22.2 Å². The van der Waals surface area contributed by atoms with Crippen LogP contribution in [0.2, 0.25) is 0 Å². The van der Waals surface area contributed by atoms with Crippen LogP contribution >= 0.6 is 0 Å². The molecule has 0 spiro atoms. The molecule has 0 aromatic carbocycles. The summed E-state index contributed by atoms with van der Waals surface area (Å²) < 4.78 is 2.05. The maximum absolute atomic E-state index is 11.7. The highest BCUT2D eigenvalue weighted by atomic mass is 16.1. The summed E-state index contributed by atoms with van der Waals surface area (Å²) in [5, 5.41) is 11.5.